The normalized spacial score (nSPS) is 13.0. The van der Waals surface area contributed by atoms with Crippen molar-refractivity contribution in [2.45, 2.75) is 25.9 Å². The van der Waals surface area contributed by atoms with Gasteiger partial charge < -0.3 is 4.74 Å². The second kappa shape index (κ2) is 6.51. The number of aryl methyl sites for hydroxylation is 1. The van der Waals surface area contributed by atoms with Crippen LogP contribution >= 0.6 is 0 Å². The molecule has 0 N–H and O–H groups in total. The van der Waals surface area contributed by atoms with Crippen molar-refractivity contribution >= 4 is 27.6 Å². The molecule has 3 nitrogen and oxygen atoms in total. The predicted octanol–water partition coefficient (Wildman–Crippen LogP) is 5.23. The van der Waals surface area contributed by atoms with Crippen molar-refractivity contribution in [1.29, 1.82) is 0 Å². The van der Waals surface area contributed by atoms with Crippen molar-refractivity contribution in [3.8, 4) is 0 Å². The summed E-state index contributed by atoms with van der Waals surface area (Å²) in [5.41, 5.74) is 4.71. The third-order valence-corrected chi connectivity index (χ3v) is 5.36. The van der Waals surface area contributed by atoms with Crippen LogP contribution < -0.4 is 0 Å². The van der Waals surface area contributed by atoms with Crippen LogP contribution in [0.25, 0.3) is 21.7 Å². The molecule has 0 aliphatic heterocycles. The van der Waals surface area contributed by atoms with E-state index in [-0.39, 0.29) is 12.6 Å². The van der Waals surface area contributed by atoms with Crippen molar-refractivity contribution in [1.82, 2.24) is 4.98 Å². The molecule has 0 saturated heterocycles. The molecule has 0 saturated carbocycles. The Kier molecular flexibility index (Phi) is 3.86. The van der Waals surface area contributed by atoms with E-state index in [4.69, 9.17) is 9.72 Å². The van der Waals surface area contributed by atoms with Crippen LogP contribution in [0.2, 0.25) is 0 Å². The molecule has 1 aliphatic carbocycles. The van der Waals surface area contributed by atoms with Crippen LogP contribution in [0.15, 0.2) is 66.7 Å². The second-order valence-electron chi connectivity index (χ2n) is 7.00. The summed E-state index contributed by atoms with van der Waals surface area (Å²) in [6.07, 6.45) is 2.87. The zero-order chi connectivity index (χ0) is 18.2. The Labute approximate surface area is 157 Å². The number of hydrogen-bond acceptors (Lipinski definition) is 3. The zero-order valence-corrected chi connectivity index (χ0v) is 14.9. The van der Waals surface area contributed by atoms with E-state index in [2.05, 4.69) is 18.2 Å². The molecule has 0 bridgehead atoms. The Hall–Kier alpha value is -3.20. The number of nitrogens with zero attached hydrogens (tertiary/aromatic N) is 1. The van der Waals surface area contributed by atoms with Crippen LogP contribution in [-0.2, 0) is 24.2 Å². The topological polar surface area (TPSA) is 39.2 Å². The highest BCUT2D eigenvalue weighted by Crippen LogP contribution is 2.31. The number of benzene rings is 3. The van der Waals surface area contributed by atoms with Crippen molar-refractivity contribution in [3.05, 3.63) is 89.1 Å². The Morgan fingerprint density at radius 1 is 0.889 bits per heavy atom. The first-order chi connectivity index (χ1) is 13.3. The van der Waals surface area contributed by atoms with Crippen LogP contribution in [0.4, 0.5) is 0 Å². The van der Waals surface area contributed by atoms with Crippen LogP contribution in [-0.4, -0.2) is 11.0 Å². The van der Waals surface area contributed by atoms with Crippen LogP contribution in [0, 0.1) is 0 Å². The van der Waals surface area contributed by atoms with E-state index in [0.29, 0.717) is 5.56 Å². The van der Waals surface area contributed by atoms with Gasteiger partial charge in [0.15, 0.2) is 0 Å². The van der Waals surface area contributed by atoms with Crippen molar-refractivity contribution < 1.29 is 9.53 Å². The number of aromatic nitrogens is 1. The van der Waals surface area contributed by atoms with E-state index in [1.807, 2.05) is 48.5 Å². The van der Waals surface area contributed by atoms with Gasteiger partial charge in [0.05, 0.1) is 11.1 Å². The SMILES string of the molecule is O=C(OCc1cccc2ccccc12)c1c2c(nc3ccccc13)CCC2. The Morgan fingerprint density at radius 2 is 1.67 bits per heavy atom. The molecule has 0 unspecified atom stereocenters. The number of para-hydroxylation sites is 1. The molecule has 0 amide bonds. The summed E-state index contributed by atoms with van der Waals surface area (Å²) in [4.78, 5) is 17.8. The smallest absolute Gasteiger partial charge is 0.339 e. The second-order valence-corrected chi connectivity index (χ2v) is 7.00. The third kappa shape index (κ3) is 2.76. The molecule has 3 heteroatoms. The molecule has 0 atom stereocenters. The number of carbonyl (C=O) groups is 1. The molecule has 3 aromatic carbocycles. The van der Waals surface area contributed by atoms with E-state index in [9.17, 15) is 4.79 Å². The molecule has 1 aliphatic rings. The maximum Gasteiger partial charge on any atom is 0.339 e. The molecule has 5 rings (SSSR count). The summed E-state index contributed by atoms with van der Waals surface area (Å²) in [7, 11) is 0. The van der Waals surface area contributed by atoms with Crippen molar-refractivity contribution in [2.24, 2.45) is 0 Å². The van der Waals surface area contributed by atoms with Gasteiger partial charge in [-0.25, -0.2) is 4.79 Å². The maximum absolute atomic E-state index is 13.1. The van der Waals surface area contributed by atoms with Crippen LogP contribution in [0.3, 0.4) is 0 Å². The van der Waals surface area contributed by atoms with E-state index in [0.717, 1.165) is 57.8 Å². The van der Waals surface area contributed by atoms with Gasteiger partial charge in [0.25, 0.3) is 0 Å². The highest BCUT2D eigenvalue weighted by molar-refractivity contribution is 6.05. The number of carbonyl (C=O) groups excluding carboxylic acids is 1. The first-order valence-electron chi connectivity index (χ1n) is 9.35. The minimum Gasteiger partial charge on any atom is -0.457 e. The van der Waals surface area contributed by atoms with Crippen LogP contribution in [0.1, 0.15) is 33.6 Å². The molecule has 1 heterocycles. The van der Waals surface area contributed by atoms with E-state index in [1.54, 1.807) is 0 Å². The summed E-state index contributed by atoms with van der Waals surface area (Å²) in [5.74, 6) is -0.250. The summed E-state index contributed by atoms with van der Waals surface area (Å²) in [6.45, 7) is 0.269. The molecule has 0 spiro atoms. The average Bonchev–Trinajstić information content (AvgIpc) is 3.18. The largest absolute Gasteiger partial charge is 0.457 e. The fraction of sp³-hybridized carbons (Fsp3) is 0.167. The summed E-state index contributed by atoms with van der Waals surface area (Å²) < 4.78 is 5.79. The summed E-state index contributed by atoms with van der Waals surface area (Å²) >= 11 is 0. The predicted molar refractivity (Wildman–Crippen MR) is 107 cm³/mol. The lowest BCUT2D eigenvalue weighted by Gasteiger charge is -2.13. The lowest BCUT2D eigenvalue weighted by molar-refractivity contribution is 0.0475. The fourth-order valence-electron chi connectivity index (χ4n) is 4.08. The van der Waals surface area contributed by atoms with Gasteiger partial charge in [0.1, 0.15) is 6.61 Å². The quantitative estimate of drug-likeness (QED) is 0.473. The number of ether oxygens (including phenoxy) is 1. The first kappa shape index (κ1) is 16.0. The number of fused-ring (bicyclic) bond motifs is 3. The molecular formula is C24H19NO2. The average molecular weight is 353 g/mol. The molecular weight excluding hydrogens is 334 g/mol. The van der Waals surface area contributed by atoms with Crippen molar-refractivity contribution in [2.75, 3.05) is 0 Å². The monoisotopic (exact) mass is 353 g/mol. The van der Waals surface area contributed by atoms with Gasteiger partial charge in [-0.3, -0.25) is 4.98 Å². The third-order valence-electron chi connectivity index (χ3n) is 5.36. The van der Waals surface area contributed by atoms with Crippen molar-refractivity contribution in [3.63, 3.8) is 0 Å². The van der Waals surface area contributed by atoms with Gasteiger partial charge in [-0.05, 0) is 47.2 Å². The van der Waals surface area contributed by atoms with Gasteiger partial charge in [-0.15, -0.1) is 0 Å². The fourth-order valence-corrected chi connectivity index (χ4v) is 4.08. The highest BCUT2D eigenvalue weighted by atomic mass is 16.5. The molecule has 27 heavy (non-hydrogen) atoms. The van der Waals surface area contributed by atoms with Gasteiger partial charge >= 0.3 is 5.97 Å². The highest BCUT2D eigenvalue weighted by Gasteiger charge is 2.24. The lowest BCUT2D eigenvalue weighted by Crippen LogP contribution is -2.10. The van der Waals surface area contributed by atoms with E-state index >= 15 is 0 Å². The first-order valence-corrected chi connectivity index (χ1v) is 9.35. The van der Waals surface area contributed by atoms with Gasteiger partial charge in [-0.1, -0.05) is 60.7 Å². The number of hydrogen-bond donors (Lipinski definition) is 0. The molecule has 4 aromatic rings. The summed E-state index contributed by atoms with van der Waals surface area (Å²) in [5, 5.41) is 3.17. The minimum absolute atomic E-state index is 0.250. The van der Waals surface area contributed by atoms with Gasteiger partial charge in [-0.2, -0.15) is 0 Å². The van der Waals surface area contributed by atoms with E-state index < -0.39 is 0 Å². The number of esters is 1. The number of rotatable bonds is 3. The lowest BCUT2D eigenvalue weighted by atomic mass is 10.0. The number of pyridine rings is 1. The van der Waals surface area contributed by atoms with Gasteiger partial charge in [0, 0.05) is 11.1 Å². The summed E-state index contributed by atoms with van der Waals surface area (Å²) in [6, 6.07) is 22.1. The molecule has 0 radical (unpaired) electrons. The molecule has 0 fully saturated rings. The van der Waals surface area contributed by atoms with Crippen LogP contribution in [0.5, 0.6) is 0 Å². The molecule has 1 aromatic heterocycles. The zero-order valence-electron chi connectivity index (χ0n) is 14.9. The standard InChI is InChI=1S/C24H19NO2/c26-24(27-15-17-9-5-8-16-7-1-2-10-18(16)17)23-19-11-3-4-13-21(19)25-22-14-6-12-20(22)23/h1-5,7-11,13H,6,12,14-15H2. The maximum atomic E-state index is 13.1. The Bertz CT molecular complexity index is 1170. The minimum atomic E-state index is -0.250. The molecule has 132 valence electrons. The Balaban J connectivity index is 1.52. The Morgan fingerprint density at radius 3 is 2.59 bits per heavy atom. The van der Waals surface area contributed by atoms with E-state index in [1.165, 1.54) is 0 Å². The van der Waals surface area contributed by atoms with Gasteiger partial charge in [0.2, 0.25) is 0 Å².